The first-order chi connectivity index (χ1) is 14.1. The predicted molar refractivity (Wildman–Crippen MR) is 112 cm³/mol. The van der Waals surface area contributed by atoms with Gasteiger partial charge in [0.2, 0.25) is 11.8 Å². The van der Waals surface area contributed by atoms with Gasteiger partial charge in [-0.25, -0.2) is 4.79 Å². The van der Waals surface area contributed by atoms with Gasteiger partial charge in [-0.2, -0.15) is 0 Å². The fraction of sp³-hybridized carbons (Fsp3) is 0.476. The number of benzene rings is 1. The van der Waals surface area contributed by atoms with Crippen molar-refractivity contribution in [2.45, 2.75) is 58.9 Å². The van der Waals surface area contributed by atoms with Crippen LogP contribution in [0.5, 0.6) is 0 Å². The van der Waals surface area contributed by atoms with Gasteiger partial charge in [-0.15, -0.1) is 0 Å². The summed E-state index contributed by atoms with van der Waals surface area (Å²) < 4.78 is 0. The topological polar surface area (TPSA) is 125 Å². The molecule has 3 N–H and O–H groups in total. The van der Waals surface area contributed by atoms with Crippen LogP contribution in [0.3, 0.4) is 0 Å². The highest BCUT2D eigenvalue weighted by Crippen LogP contribution is 2.29. The molecule has 0 atom stereocenters. The largest absolute Gasteiger partial charge is 0.326 e. The molecule has 0 aliphatic carbocycles. The lowest BCUT2D eigenvalue weighted by molar-refractivity contribution is -0.131. The molecule has 1 saturated heterocycles. The summed E-state index contributed by atoms with van der Waals surface area (Å²) >= 11 is 0. The van der Waals surface area contributed by atoms with Gasteiger partial charge in [0.1, 0.15) is 5.54 Å². The molecule has 1 aromatic rings. The number of imide groups is 1. The van der Waals surface area contributed by atoms with Gasteiger partial charge in [0.25, 0.3) is 5.91 Å². The number of carbonyl (C=O) groups excluding carboxylic acids is 5. The van der Waals surface area contributed by atoms with E-state index < -0.39 is 35.7 Å². The van der Waals surface area contributed by atoms with Crippen LogP contribution in [0.25, 0.3) is 0 Å². The van der Waals surface area contributed by atoms with Crippen molar-refractivity contribution in [2.24, 2.45) is 0 Å². The number of nitrogens with one attached hydrogen (secondary N) is 3. The van der Waals surface area contributed by atoms with Crippen molar-refractivity contribution in [3.8, 4) is 0 Å². The number of Topliss-reactive ketones (excluding diaryl/α,β-unsaturated/α-hetero) is 1. The summed E-state index contributed by atoms with van der Waals surface area (Å²) in [7, 11) is 0. The van der Waals surface area contributed by atoms with E-state index in [1.807, 2.05) is 13.8 Å². The monoisotopic (exact) mass is 416 g/mol. The molecule has 0 bridgehead atoms. The molecule has 1 aromatic carbocycles. The van der Waals surface area contributed by atoms with Crippen LogP contribution in [-0.2, 0) is 14.4 Å². The molecule has 0 saturated carbocycles. The summed E-state index contributed by atoms with van der Waals surface area (Å²) in [6.07, 6.45) is 2.42. The number of urea groups is 1. The number of anilines is 2. The van der Waals surface area contributed by atoms with E-state index in [9.17, 15) is 24.0 Å². The molecular formula is C21H28N4O5. The van der Waals surface area contributed by atoms with Gasteiger partial charge in [-0.3, -0.25) is 24.1 Å². The molecule has 2 rings (SSSR count). The van der Waals surface area contributed by atoms with Gasteiger partial charge in [0.15, 0.2) is 5.78 Å². The lowest BCUT2D eigenvalue weighted by Gasteiger charge is -2.25. The van der Waals surface area contributed by atoms with Crippen LogP contribution in [0.2, 0.25) is 0 Å². The molecule has 9 nitrogen and oxygen atoms in total. The van der Waals surface area contributed by atoms with Crippen LogP contribution in [0.1, 0.15) is 63.7 Å². The van der Waals surface area contributed by atoms with E-state index in [-0.39, 0.29) is 17.2 Å². The fourth-order valence-corrected chi connectivity index (χ4v) is 3.73. The minimum Gasteiger partial charge on any atom is -0.326 e. The van der Waals surface area contributed by atoms with Crippen molar-refractivity contribution >= 4 is 40.9 Å². The Bertz CT molecular complexity index is 874. The lowest BCUT2D eigenvalue weighted by Crippen LogP contribution is -2.47. The summed E-state index contributed by atoms with van der Waals surface area (Å²) in [5, 5.41) is 7.91. The zero-order valence-corrected chi connectivity index (χ0v) is 17.8. The fourth-order valence-electron chi connectivity index (χ4n) is 3.73. The van der Waals surface area contributed by atoms with Crippen molar-refractivity contribution in [1.82, 2.24) is 10.2 Å². The number of rotatable bonds is 9. The van der Waals surface area contributed by atoms with E-state index >= 15 is 0 Å². The van der Waals surface area contributed by atoms with Gasteiger partial charge >= 0.3 is 6.03 Å². The summed E-state index contributed by atoms with van der Waals surface area (Å²) in [5.74, 6) is -1.60. The zero-order chi connectivity index (χ0) is 22.5. The van der Waals surface area contributed by atoms with E-state index in [1.54, 1.807) is 0 Å². The molecular weight excluding hydrogens is 388 g/mol. The summed E-state index contributed by atoms with van der Waals surface area (Å²) in [6.45, 7) is 6.06. The maximum Gasteiger partial charge on any atom is 0.325 e. The number of amides is 5. The lowest BCUT2D eigenvalue weighted by atomic mass is 9.88. The summed E-state index contributed by atoms with van der Waals surface area (Å²) in [6, 6.07) is 3.83. The minimum atomic E-state index is -0.976. The van der Waals surface area contributed by atoms with Gasteiger partial charge in [0.05, 0.1) is 12.2 Å². The average molecular weight is 416 g/mol. The molecule has 1 aliphatic heterocycles. The summed E-state index contributed by atoms with van der Waals surface area (Å²) in [5.41, 5.74) is -0.235. The Balaban J connectivity index is 2.30. The van der Waals surface area contributed by atoms with Crippen LogP contribution in [0.15, 0.2) is 18.2 Å². The molecule has 1 aliphatic rings. The van der Waals surface area contributed by atoms with E-state index in [2.05, 4.69) is 16.0 Å². The van der Waals surface area contributed by atoms with Crippen LogP contribution in [-0.4, -0.2) is 46.5 Å². The molecule has 162 valence electrons. The van der Waals surface area contributed by atoms with Crippen molar-refractivity contribution in [3.05, 3.63) is 23.8 Å². The van der Waals surface area contributed by atoms with Crippen LogP contribution in [0, 0.1) is 0 Å². The molecule has 1 fully saturated rings. The third-order valence-corrected chi connectivity index (χ3v) is 4.85. The van der Waals surface area contributed by atoms with E-state index in [1.165, 1.54) is 32.0 Å². The maximum atomic E-state index is 13.0. The number of nitrogens with zero attached hydrogens (tertiary/aromatic N) is 1. The molecule has 0 aromatic heterocycles. The highest BCUT2D eigenvalue weighted by molar-refractivity contribution is 6.13. The van der Waals surface area contributed by atoms with Crippen LogP contribution >= 0.6 is 0 Å². The second-order valence-corrected chi connectivity index (χ2v) is 7.45. The zero-order valence-electron chi connectivity index (χ0n) is 17.8. The molecule has 9 heteroatoms. The molecule has 1 heterocycles. The number of hydrogen-bond donors (Lipinski definition) is 3. The van der Waals surface area contributed by atoms with Gasteiger partial charge in [-0.05, 0) is 31.0 Å². The molecule has 5 amide bonds. The Labute approximate surface area is 175 Å². The van der Waals surface area contributed by atoms with Crippen molar-refractivity contribution in [2.75, 3.05) is 17.2 Å². The highest BCUT2D eigenvalue weighted by atomic mass is 16.2. The quantitative estimate of drug-likeness (QED) is 0.422. The van der Waals surface area contributed by atoms with Crippen LogP contribution in [0.4, 0.5) is 16.2 Å². The maximum absolute atomic E-state index is 13.0. The normalized spacial score (nSPS) is 15.0. The molecule has 0 radical (unpaired) electrons. The van der Waals surface area contributed by atoms with Crippen LogP contribution < -0.4 is 16.0 Å². The standard InChI is InChI=1S/C21H28N4O5/c1-5-9-21(10-6-2)19(29)25(20(30)24-21)12-18(28)16-8-7-15(22-13(3)26)11-17(16)23-14(4)27/h7-8,11H,5-6,9-10,12H2,1-4H3,(H,22,26)(H,23,27)(H,24,30). The molecule has 0 spiro atoms. The first-order valence-electron chi connectivity index (χ1n) is 10.00. The van der Waals surface area contributed by atoms with Crippen molar-refractivity contribution < 1.29 is 24.0 Å². The summed E-state index contributed by atoms with van der Waals surface area (Å²) in [4.78, 5) is 62.2. The Morgan fingerprint density at radius 1 is 1.00 bits per heavy atom. The predicted octanol–water partition coefficient (Wildman–Crippen LogP) is 2.68. The smallest absolute Gasteiger partial charge is 0.325 e. The Kier molecular flexibility index (Phi) is 7.31. The van der Waals surface area contributed by atoms with E-state index in [0.717, 1.165) is 4.90 Å². The van der Waals surface area contributed by atoms with Gasteiger partial charge < -0.3 is 16.0 Å². The van der Waals surface area contributed by atoms with Gasteiger partial charge in [0, 0.05) is 25.1 Å². The SMILES string of the molecule is CCCC1(CCC)NC(=O)N(CC(=O)c2ccc(NC(C)=O)cc2NC(C)=O)C1=O. The average Bonchev–Trinajstić information content (AvgIpc) is 2.85. The van der Waals surface area contributed by atoms with Gasteiger partial charge in [-0.1, -0.05) is 26.7 Å². The Morgan fingerprint density at radius 3 is 2.13 bits per heavy atom. The van der Waals surface area contributed by atoms with Crippen molar-refractivity contribution in [3.63, 3.8) is 0 Å². The number of carbonyl (C=O) groups is 5. The third-order valence-electron chi connectivity index (χ3n) is 4.85. The van der Waals surface area contributed by atoms with E-state index in [4.69, 9.17) is 0 Å². The second kappa shape index (κ2) is 9.51. The van der Waals surface area contributed by atoms with E-state index in [0.29, 0.717) is 31.4 Å². The molecule has 30 heavy (non-hydrogen) atoms. The third kappa shape index (κ3) is 5.03. The number of hydrogen-bond acceptors (Lipinski definition) is 5. The molecule has 0 unspecified atom stereocenters. The van der Waals surface area contributed by atoms with Crippen molar-refractivity contribution in [1.29, 1.82) is 0 Å². The first kappa shape index (κ1) is 23.1. The second-order valence-electron chi connectivity index (χ2n) is 7.45. The Morgan fingerprint density at radius 2 is 1.60 bits per heavy atom. The minimum absolute atomic E-state index is 0.142. The highest BCUT2D eigenvalue weighted by Gasteiger charge is 2.50. The Hall–Kier alpha value is -3.23. The first-order valence-corrected chi connectivity index (χ1v) is 10.00. The number of ketones is 1.